The molecule has 0 spiro atoms. The zero-order valence-electron chi connectivity index (χ0n) is 23.2. The van der Waals surface area contributed by atoms with Gasteiger partial charge in [0.2, 0.25) is 0 Å². The molecule has 42 heavy (non-hydrogen) atoms. The Morgan fingerprint density at radius 3 is 1.95 bits per heavy atom. The minimum Gasteiger partial charge on any atom is -0.455 e. The number of para-hydroxylation sites is 3. The van der Waals surface area contributed by atoms with Gasteiger partial charge in [-0.05, 0) is 52.6 Å². The summed E-state index contributed by atoms with van der Waals surface area (Å²) in [4.78, 5) is 0. The molecule has 0 saturated carbocycles. The van der Waals surface area contributed by atoms with Crippen molar-refractivity contribution in [2.45, 2.75) is 19.3 Å². The summed E-state index contributed by atoms with van der Waals surface area (Å²) >= 11 is 0. The van der Waals surface area contributed by atoms with Gasteiger partial charge in [-0.1, -0.05) is 98.8 Å². The molecule has 3 nitrogen and oxygen atoms in total. The van der Waals surface area contributed by atoms with E-state index in [0.29, 0.717) is 0 Å². The molecule has 9 aromatic rings. The Morgan fingerprint density at radius 2 is 1.14 bits per heavy atom. The van der Waals surface area contributed by atoms with Crippen molar-refractivity contribution < 1.29 is 8.83 Å². The van der Waals surface area contributed by atoms with E-state index in [2.05, 4.69) is 122 Å². The van der Waals surface area contributed by atoms with Crippen LogP contribution >= 0.6 is 0 Å². The summed E-state index contributed by atoms with van der Waals surface area (Å²) in [6, 6.07) is 41.2. The van der Waals surface area contributed by atoms with Crippen LogP contribution in [0.25, 0.3) is 82.5 Å². The largest absolute Gasteiger partial charge is 0.455 e. The maximum absolute atomic E-state index is 6.76. The maximum Gasteiger partial charge on any atom is 0.163 e. The van der Waals surface area contributed by atoms with Gasteiger partial charge in [0.05, 0.1) is 16.4 Å². The lowest BCUT2D eigenvalue weighted by Crippen LogP contribution is -2.15. The molecule has 3 aromatic heterocycles. The minimum absolute atomic E-state index is 0.0938. The molecule has 0 atom stereocenters. The highest BCUT2D eigenvalue weighted by molar-refractivity contribution is 6.38. The number of fused-ring (bicyclic) bond motifs is 15. The monoisotopic (exact) mass is 539 g/mol. The quantitative estimate of drug-likeness (QED) is 0.208. The number of aromatic nitrogens is 1. The Labute approximate surface area is 241 Å². The molecule has 3 heterocycles. The van der Waals surface area contributed by atoms with E-state index < -0.39 is 0 Å². The lowest BCUT2D eigenvalue weighted by Gasteiger charge is -2.22. The molecular formula is C39H25NO2. The van der Waals surface area contributed by atoms with Crippen molar-refractivity contribution in [1.29, 1.82) is 0 Å². The second-order valence-electron chi connectivity index (χ2n) is 12.1. The van der Waals surface area contributed by atoms with Gasteiger partial charge >= 0.3 is 0 Å². The van der Waals surface area contributed by atoms with Gasteiger partial charge in [0, 0.05) is 38.0 Å². The van der Waals surface area contributed by atoms with Crippen molar-refractivity contribution in [2.75, 3.05) is 0 Å². The molecule has 0 amide bonds. The van der Waals surface area contributed by atoms with Gasteiger partial charge in [0.15, 0.2) is 5.58 Å². The number of nitrogens with zero attached hydrogens (tertiary/aromatic N) is 1. The topological polar surface area (TPSA) is 31.2 Å². The van der Waals surface area contributed by atoms with Gasteiger partial charge in [0.25, 0.3) is 0 Å². The zero-order valence-corrected chi connectivity index (χ0v) is 23.2. The van der Waals surface area contributed by atoms with E-state index in [-0.39, 0.29) is 5.41 Å². The van der Waals surface area contributed by atoms with E-state index in [9.17, 15) is 0 Å². The summed E-state index contributed by atoms with van der Waals surface area (Å²) < 4.78 is 15.8. The third kappa shape index (κ3) is 2.58. The summed E-state index contributed by atoms with van der Waals surface area (Å²) in [5, 5.41) is 6.72. The van der Waals surface area contributed by atoms with Crippen LogP contribution in [-0.2, 0) is 5.41 Å². The van der Waals surface area contributed by atoms with Crippen molar-refractivity contribution in [3.8, 4) is 16.8 Å². The Morgan fingerprint density at radius 1 is 0.524 bits per heavy atom. The fourth-order valence-corrected chi connectivity index (χ4v) is 7.71. The first kappa shape index (κ1) is 22.4. The van der Waals surface area contributed by atoms with Crippen LogP contribution < -0.4 is 0 Å². The normalized spacial score (nSPS) is 14.1. The number of hydrogen-bond acceptors (Lipinski definition) is 2. The molecule has 0 aliphatic heterocycles. The second-order valence-corrected chi connectivity index (χ2v) is 12.1. The first-order valence-corrected chi connectivity index (χ1v) is 14.5. The van der Waals surface area contributed by atoms with Crippen molar-refractivity contribution >= 4 is 65.7 Å². The molecule has 1 aliphatic rings. The van der Waals surface area contributed by atoms with Crippen LogP contribution in [0, 0.1) is 0 Å². The van der Waals surface area contributed by atoms with Crippen LogP contribution in [0.5, 0.6) is 0 Å². The standard InChI is InChI=1S/C39H25NO2/c1-39(2)28-15-7-3-11-23(28)24-20-19-22(21-29(24)39)40-30-16-8-4-12-25(30)33-34-26-13-5-9-17-31(26)41-37(34)35-27-14-6-10-18-32(27)42-38(35)36(33)40/h3-21H,1-2H3. The molecule has 10 rings (SSSR count). The van der Waals surface area contributed by atoms with Gasteiger partial charge < -0.3 is 13.4 Å². The summed E-state index contributed by atoms with van der Waals surface area (Å²) in [7, 11) is 0. The fraction of sp³-hybridized carbons (Fsp3) is 0.0769. The second kappa shape index (κ2) is 7.51. The highest BCUT2D eigenvalue weighted by atomic mass is 16.3. The van der Waals surface area contributed by atoms with Crippen LogP contribution in [0.2, 0.25) is 0 Å². The summed E-state index contributed by atoms with van der Waals surface area (Å²) in [5.74, 6) is 0. The molecule has 3 heteroatoms. The number of rotatable bonds is 1. The van der Waals surface area contributed by atoms with E-state index >= 15 is 0 Å². The lowest BCUT2D eigenvalue weighted by molar-refractivity contribution is 0.659. The lowest BCUT2D eigenvalue weighted by atomic mass is 9.82. The highest BCUT2D eigenvalue weighted by Gasteiger charge is 2.36. The Kier molecular flexibility index (Phi) is 4.01. The summed E-state index contributed by atoms with van der Waals surface area (Å²) in [5.41, 5.74) is 12.1. The average molecular weight is 540 g/mol. The Bertz CT molecular complexity index is 2610. The summed E-state index contributed by atoms with van der Waals surface area (Å²) in [6.45, 7) is 4.68. The minimum atomic E-state index is -0.0938. The van der Waals surface area contributed by atoms with Crippen LogP contribution in [0.1, 0.15) is 25.0 Å². The third-order valence-electron chi connectivity index (χ3n) is 9.58. The van der Waals surface area contributed by atoms with Gasteiger partial charge in [-0.3, -0.25) is 0 Å². The van der Waals surface area contributed by atoms with Crippen LogP contribution in [-0.4, -0.2) is 4.57 Å². The van der Waals surface area contributed by atoms with Crippen molar-refractivity contribution in [2.24, 2.45) is 0 Å². The van der Waals surface area contributed by atoms with Gasteiger partial charge in [0.1, 0.15) is 16.7 Å². The summed E-state index contributed by atoms with van der Waals surface area (Å²) in [6.07, 6.45) is 0. The molecule has 1 aliphatic carbocycles. The smallest absolute Gasteiger partial charge is 0.163 e. The Balaban J connectivity index is 1.44. The predicted octanol–water partition coefficient (Wildman–Crippen LogP) is 10.9. The van der Waals surface area contributed by atoms with Gasteiger partial charge in [-0.2, -0.15) is 0 Å². The molecule has 0 fully saturated rings. The van der Waals surface area contributed by atoms with Crippen LogP contribution in [0.3, 0.4) is 0 Å². The average Bonchev–Trinajstić information content (AvgIpc) is 3.74. The first-order valence-electron chi connectivity index (χ1n) is 14.5. The van der Waals surface area contributed by atoms with E-state index in [4.69, 9.17) is 8.83 Å². The van der Waals surface area contributed by atoms with Gasteiger partial charge in [-0.25, -0.2) is 0 Å². The Hall–Kier alpha value is -5.28. The molecule has 0 saturated heterocycles. The molecular weight excluding hydrogens is 514 g/mol. The van der Waals surface area contributed by atoms with E-state index in [0.717, 1.165) is 60.6 Å². The van der Waals surface area contributed by atoms with E-state index in [1.165, 1.54) is 33.0 Å². The van der Waals surface area contributed by atoms with Crippen molar-refractivity contribution in [3.63, 3.8) is 0 Å². The molecule has 0 bridgehead atoms. The number of furan rings is 2. The van der Waals surface area contributed by atoms with E-state index in [1.807, 2.05) is 12.1 Å². The zero-order chi connectivity index (χ0) is 27.7. The highest BCUT2D eigenvalue weighted by Crippen LogP contribution is 2.51. The van der Waals surface area contributed by atoms with Crippen molar-refractivity contribution in [1.82, 2.24) is 4.57 Å². The molecule has 0 radical (unpaired) electrons. The van der Waals surface area contributed by atoms with E-state index in [1.54, 1.807) is 0 Å². The van der Waals surface area contributed by atoms with Gasteiger partial charge in [-0.15, -0.1) is 0 Å². The predicted molar refractivity (Wildman–Crippen MR) is 173 cm³/mol. The van der Waals surface area contributed by atoms with Crippen LogP contribution in [0.4, 0.5) is 0 Å². The fourth-order valence-electron chi connectivity index (χ4n) is 7.71. The maximum atomic E-state index is 6.76. The molecule has 198 valence electrons. The van der Waals surface area contributed by atoms with Crippen LogP contribution in [0.15, 0.2) is 124 Å². The molecule has 6 aromatic carbocycles. The number of benzene rings is 6. The molecule has 0 unspecified atom stereocenters. The molecule has 0 N–H and O–H groups in total. The SMILES string of the molecule is CC1(C)c2ccccc2-c2ccc(-n3c4ccccc4c4c5c6ccccc6oc5c5c6ccccc6oc5c43)cc21. The third-order valence-corrected chi connectivity index (χ3v) is 9.58. The van der Waals surface area contributed by atoms with Crippen molar-refractivity contribution in [3.05, 3.63) is 126 Å². The first-order chi connectivity index (χ1) is 20.6. The number of hydrogen-bond donors (Lipinski definition) is 0.